The Morgan fingerprint density at radius 3 is 2.67 bits per heavy atom. The zero-order valence-electron chi connectivity index (χ0n) is 19.6. The summed E-state index contributed by atoms with van der Waals surface area (Å²) in [6, 6.07) is 7.64. The number of carboxylic acid groups (broad SMARTS) is 1. The molecule has 0 atom stereocenters. The SMILES string of the molecule is CCCCCN(CCC)C1=C(/C)CCc2c(c(=O)c(C(=O)O)c3[nH]c4ccccc4n23)/C=N\1. The lowest BCUT2D eigenvalue weighted by Crippen LogP contribution is -2.28. The highest BCUT2D eigenvalue weighted by Gasteiger charge is 2.25. The Kier molecular flexibility index (Phi) is 6.67. The van der Waals surface area contributed by atoms with Crippen molar-refractivity contribution in [1.29, 1.82) is 0 Å². The van der Waals surface area contributed by atoms with Crippen molar-refractivity contribution in [3.05, 3.63) is 62.7 Å². The fourth-order valence-corrected chi connectivity index (χ4v) is 4.76. The molecule has 3 heterocycles. The summed E-state index contributed by atoms with van der Waals surface area (Å²) in [6.07, 6.45) is 7.41. The number of hydrogen-bond donors (Lipinski definition) is 2. The number of H-pyrrole nitrogens is 1. The molecule has 0 amide bonds. The number of aromatic amines is 1. The van der Waals surface area contributed by atoms with Gasteiger partial charge in [-0.25, -0.2) is 9.79 Å². The molecular formula is C26H32N4O3. The first-order valence-electron chi connectivity index (χ1n) is 11.9. The molecule has 1 aliphatic rings. The van der Waals surface area contributed by atoms with Crippen LogP contribution < -0.4 is 5.43 Å². The van der Waals surface area contributed by atoms with Crippen LogP contribution in [0.15, 0.2) is 45.4 Å². The maximum atomic E-state index is 13.4. The number of fused-ring (bicyclic) bond motifs is 5. The number of aromatic carboxylic acids is 1. The molecule has 2 N–H and O–H groups in total. The summed E-state index contributed by atoms with van der Waals surface area (Å²) in [6.45, 7) is 8.30. The van der Waals surface area contributed by atoms with Crippen LogP contribution in [-0.4, -0.2) is 44.7 Å². The van der Waals surface area contributed by atoms with Gasteiger partial charge >= 0.3 is 5.97 Å². The van der Waals surface area contributed by atoms with E-state index >= 15 is 0 Å². The molecule has 0 spiro atoms. The third-order valence-electron chi connectivity index (χ3n) is 6.38. The van der Waals surface area contributed by atoms with Crippen LogP contribution in [0.4, 0.5) is 0 Å². The lowest BCUT2D eigenvalue weighted by Gasteiger charge is -2.27. The van der Waals surface area contributed by atoms with E-state index in [0.29, 0.717) is 17.6 Å². The van der Waals surface area contributed by atoms with E-state index in [1.165, 1.54) is 12.0 Å². The van der Waals surface area contributed by atoms with Crippen LogP contribution in [0.3, 0.4) is 0 Å². The minimum atomic E-state index is -1.23. The van der Waals surface area contributed by atoms with Gasteiger partial charge in [0.1, 0.15) is 17.0 Å². The highest BCUT2D eigenvalue weighted by atomic mass is 16.4. The highest BCUT2D eigenvalue weighted by Crippen LogP contribution is 2.26. The van der Waals surface area contributed by atoms with Crippen molar-refractivity contribution >= 4 is 28.9 Å². The summed E-state index contributed by atoms with van der Waals surface area (Å²) in [7, 11) is 0. The molecule has 174 valence electrons. The van der Waals surface area contributed by atoms with Gasteiger partial charge in [-0.1, -0.05) is 38.8 Å². The minimum Gasteiger partial charge on any atom is -0.477 e. The van der Waals surface area contributed by atoms with E-state index in [1.807, 2.05) is 28.7 Å². The molecule has 33 heavy (non-hydrogen) atoms. The number of para-hydroxylation sites is 2. The second kappa shape index (κ2) is 9.65. The van der Waals surface area contributed by atoms with Gasteiger partial charge in [-0.15, -0.1) is 0 Å². The summed E-state index contributed by atoms with van der Waals surface area (Å²) in [5, 5.41) is 9.89. The molecule has 0 unspecified atom stereocenters. The van der Waals surface area contributed by atoms with Crippen molar-refractivity contribution in [2.45, 2.75) is 59.3 Å². The molecule has 2 aromatic heterocycles. The number of hydrogen-bond acceptors (Lipinski definition) is 4. The molecule has 7 nitrogen and oxygen atoms in total. The third kappa shape index (κ3) is 4.19. The largest absolute Gasteiger partial charge is 0.477 e. The highest BCUT2D eigenvalue weighted by molar-refractivity contribution is 6.00. The van der Waals surface area contributed by atoms with E-state index in [4.69, 9.17) is 4.99 Å². The van der Waals surface area contributed by atoms with Crippen LogP contribution in [0, 0.1) is 0 Å². The van der Waals surface area contributed by atoms with Gasteiger partial charge in [0.25, 0.3) is 0 Å². The van der Waals surface area contributed by atoms with Crippen molar-refractivity contribution in [2.24, 2.45) is 4.99 Å². The van der Waals surface area contributed by atoms with Gasteiger partial charge in [-0.05, 0) is 50.3 Å². The van der Waals surface area contributed by atoms with Gasteiger partial charge < -0.3 is 15.0 Å². The van der Waals surface area contributed by atoms with E-state index in [2.05, 4.69) is 30.7 Å². The predicted molar refractivity (Wildman–Crippen MR) is 132 cm³/mol. The van der Waals surface area contributed by atoms with E-state index in [-0.39, 0.29) is 5.56 Å². The number of nitrogens with one attached hydrogen (secondary N) is 1. The van der Waals surface area contributed by atoms with E-state index < -0.39 is 11.4 Å². The molecule has 0 bridgehead atoms. The van der Waals surface area contributed by atoms with E-state index in [1.54, 1.807) is 6.21 Å². The zero-order chi connectivity index (χ0) is 23.5. The van der Waals surface area contributed by atoms with E-state index in [9.17, 15) is 14.7 Å². The van der Waals surface area contributed by atoms with Crippen LogP contribution in [0.25, 0.3) is 16.7 Å². The molecule has 1 aromatic carbocycles. The lowest BCUT2D eigenvalue weighted by atomic mass is 10.0. The number of aromatic nitrogens is 2. The maximum absolute atomic E-state index is 13.4. The van der Waals surface area contributed by atoms with Crippen LogP contribution >= 0.6 is 0 Å². The van der Waals surface area contributed by atoms with Gasteiger partial charge in [0.15, 0.2) is 0 Å². The molecule has 0 aliphatic carbocycles. The molecule has 0 radical (unpaired) electrons. The number of carboxylic acids is 1. The van der Waals surface area contributed by atoms with E-state index in [0.717, 1.165) is 61.3 Å². The van der Waals surface area contributed by atoms with Crippen molar-refractivity contribution in [3.63, 3.8) is 0 Å². The number of carbonyl (C=O) groups is 1. The molecule has 0 saturated carbocycles. The Morgan fingerprint density at radius 1 is 1.15 bits per heavy atom. The number of rotatable bonds is 8. The topological polar surface area (TPSA) is 90.2 Å². The molecule has 7 heteroatoms. The Labute approximate surface area is 193 Å². The Hall–Kier alpha value is -3.35. The van der Waals surface area contributed by atoms with Crippen LogP contribution in [-0.2, 0) is 6.42 Å². The van der Waals surface area contributed by atoms with Gasteiger partial charge in [0.2, 0.25) is 5.43 Å². The molecule has 4 rings (SSSR count). The summed E-state index contributed by atoms with van der Waals surface area (Å²) in [5.41, 5.74) is 3.60. The first-order valence-corrected chi connectivity index (χ1v) is 11.9. The fraction of sp³-hybridized carbons (Fsp3) is 0.423. The summed E-state index contributed by atoms with van der Waals surface area (Å²) in [5.74, 6) is -0.319. The number of aliphatic imine (C=N–C) groups is 1. The second-order valence-corrected chi connectivity index (χ2v) is 8.75. The van der Waals surface area contributed by atoms with Crippen LogP contribution in [0.1, 0.15) is 74.5 Å². The normalized spacial score (nSPS) is 17.1. The molecule has 0 fully saturated rings. The van der Waals surface area contributed by atoms with Crippen molar-refractivity contribution in [2.75, 3.05) is 13.1 Å². The fourth-order valence-electron chi connectivity index (χ4n) is 4.76. The number of unbranched alkanes of at least 4 members (excludes halogenated alkanes) is 2. The molecule has 0 saturated heterocycles. The average molecular weight is 449 g/mol. The average Bonchev–Trinajstić information content (AvgIpc) is 3.15. The Bertz CT molecular complexity index is 1310. The first kappa shape index (κ1) is 22.8. The number of allylic oxidation sites excluding steroid dienone is 1. The van der Waals surface area contributed by atoms with Crippen LogP contribution in [0.5, 0.6) is 0 Å². The smallest absolute Gasteiger partial charge is 0.343 e. The first-order chi connectivity index (χ1) is 16.0. The van der Waals surface area contributed by atoms with Gasteiger partial charge in [-0.2, -0.15) is 0 Å². The third-order valence-corrected chi connectivity index (χ3v) is 6.38. The zero-order valence-corrected chi connectivity index (χ0v) is 19.6. The molecule has 1 aliphatic heterocycles. The standard InChI is InChI=1S/C26H32N4O3/c1-4-6-9-15-29(14-5-2)24-17(3)12-13-20-18(16-27-24)23(31)22(26(32)33)25-28-19-10-7-8-11-21(19)30(20)25/h7-8,10-11,16,28H,4-6,9,12-15H2,1-3H3,(H,32,33)/b24-17-,27-16-. The van der Waals surface area contributed by atoms with Gasteiger partial charge in [0, 0.05) is 25.0 Å². The monoisotopic (exact) mass is 448 g/mol. The van der Waals surface area contributed by atoms with Crippen molar-refractivity contribution in [1.82, 2.24) is 14.3 Å². The molecule has 3 aromatic rings. The second-order valence-electron chi connectivity index (χ2n) is 8.75. The number of pyridine rings is 1. The quantitative estimate of drug-likeness (QED) is 0.476. The summed E-state index contributed by atoms with van der Waals surface area (Å²) in [4.78, 5) is 35.8. The lowest BCUT2D eigenvalue weighted by molar-refractivity contribution is 0.0697. The Morgan fingerprint density at radius 2 is 1.94 bits per heavy atom. The minimum absolute atomic E-state index is 0.243. The number of benzene rings is 1. The van der Waals surface area contributed by atoms with Crippen LogP contribution in [0.2, 0.25) is 0 Å². The van der Waals surface area contributed by atoms with Crippen molar-refractivity contribution < 1.29 is 9.90 Å². The Balaban J connectivity index is 1.90. The number of imidazole rings is 1. The van der Waals surface area contributed by atoms with Gasteiger partial charge in [-0.3, -0.25) is 9.20 Å². The predicted octanol–water partition coefficient (Wildman–Crippen LogP) is 4.98. The number of nitrogens with zero attached hydrogens (tertiary/aromatic N) is 3. The summed E-state index contributed by atoms with van der Waals surface area (Å²) < 4.78 is 1.89. The van der Waals surface area contributed by atoms with Crippen molar-refractivity contribution in [3.8, 4) is 0 Å². The molecular weight excluding hydrogens is 416 g/mol. The summed E-state index contributed by atoms with van der Waals surface area (Å²) >= 11 is 0. The maximum Gasteiger partial charge on any atom is 0.343 e. The van der Waals surface area contributed by atoms with Gasteiger partial charge in [0.05, 0.1) is 16.6 Å². The number of aryl methyl sites for hydroxylation is 1.